The monoisotopic (exact) mass is 260 g/mol. The number of hydrogen-bond donors (Lipinski definition) is 3. The van der Waals surface area contributed by atoms with Crippen molar-refractivity contribution in [1.29, 1.82) is 0 Å². The lowest BCUT2D eigenvalue weighted by Gasteiger charge is -2.04. The maximum Gasteiger partial charge on any atom is 0.177 e. The van der Waals surface area contributed by atoms with E-state index < -0.39 is 0 Å². The van der Waals surface area contributed by atoms with Gasteiger partial charge in [-0.05, 0) is 23.1 Å². The first-order valence-electron chi connectivity index (χ1n) is 5.24. The molecule has 0 amide bonds. The van der Waals surface area contributed by atoms with Gasteiger partial charge in [0.1, 0.15) is 0 Å². The van der Waals surface area contributed by atoms with Crippen molar-refractivity contribution in [2.45, 2.75) is 6.42 Å². The van der Waals surface area contributed by atoms with E-state index in [0.29, 0.717) is 5.71 Å². The van der Waals surface area contributed by atoms with Crippen molar-refractivity contribution in [2.75, 3.05) is 5.43 Å². The van der Waals surface area contributed by atoms with Crippen molar-refractivity contribution in [3.05, 3.63) is 29.8 Å². The predicted molar refractivity (Wildman–Crippen MR) is 78.1 cm³/mol. The Kier molecular flexibility index (Phi) is 3.63. The van der Waals surface area contributed by atoms with Crippen LogP contribution in [0.2, 0.25) is 0 Å². The molecule has 1 aromatic carbocycles. The van der Waals surface area contributed by atoms with Gasteiger partial charge in [-0.2, -0.15) is 5.10 Å². The van der Waals surface area contributed by atoms with Gasteiger partial charge in [0.05, 0.1) is 5.69 Å². The quantitative estimate of drug-likeness (QED) is 0.546. The molecule has 1 aliphatic rings. The van der Waals surface area contributed by atoms with Crippen LogP contribution in [0.5, 0.6) is 0 Å². The second kappa shape index (κ2) is 5.37. The third-order valence-corrected chi connectivity index (χ3v) is 2.46. The molecule has 6 nitrogen and oxygen atoms in total. The summed E-state index contributed by atoms with van der Waals surface area (Å²) < 4.78 is 0. The average Bonchev–Trinajstić information content (AvgIpc) is 2.68. The fourth-order valence-electron chi connectivity index (χ4n) is 1.43. The van der Waals surface area contributed by atoms with E-state index in [4.69, 9.17) is 23.7 Å². The van der Waals surface area contributed by atoms with Crippen molar-refractivity contribution in [3.63, 3.8) is 0 Å². The third kappa shape index (κ3) is 2.69. The summed E-state index contributed by atoms with van der Waals surface area (Å²) >= 11 is 4.82. The van der Waals surface area contributed by atoms with E-state index in [1.54, 1.807) is 5.37 Å². The molecule has 18 heavy (non-hydrogen) atoms. The van der Waals surface area contributed by atoms with Crippen LogP contribution in [0.1, 0.15) is 5.56 Å². The Bertz CT molecular complexity index is 540. The molecule has 7 heteroatoms. The molecule has 1 aliphatic heterocycles. The molecule has 92 valence electrons. The topological polar surface area (TPSA) is 101 Å². The molecule has 5 N–H and O–H groups in total. The number of amidine groups is 2. The summed E-state index contributed by atoms with van der Waals surface area (Å²) in [7, 11) is 0. The highest BCUT2D eigenvalue weighted by Gasteiger charge is 2.16. The fraction of sp³-hybridized carbons (Fsp3) is 0.0909. The molecule has 0 bridgehead atoms. The van der Waals surface area contributed by atoms with Crippen LogP contribution in [0.15, 0.2) is 39.6 Å². The highest BCUT2D eigenvalue weighted by Crippen LogP contribution is 2.11. The normalized spacial score (nSPS) is 13.9. The fourth-order valence-corrected chi connectivity index (χ4v) is 1.63. The summed E-state index contributed by atoms with van der Waals surface area (Å²) in [6.45, 7) is 0. The van der Waals surface area contributed by atoms with Crippen LogP contribution in [0.3, 0.4) is 0 Å². The van der Waals surface area contributed by atoms with Gasteiger partial charge in [0.15, 0.2) is 17.4 Å². The number of nitrogens with zero attached hydrogens (tertiary/aromatic N) is 3. The molecule has 1 aromatic rings. The maximum atomic E-state index is 5.58. The van der Waals surface area contributed by atoms with E-state index >= 15 is 0 Å². The predicted octanol–water partition coefficient (Wildman–Crippen LogP) is 0.640. The largest absolute Gasteiger partial charge is 0.380 e. The Labute approximate surface area is 109 Å². The van der Waals surface area contributed by atoms with Crippen LogP contribution in [-0.4, -0.2) is 22.8 Å². The summed E-state index contributed by atoms with van der Waals surface area (Å²) in [5.74, 6) is 0.407. The van der Waals surface area contributed by atoms with Crippen molar-refractivity contribution in [2.24, 2.45) is 26.8 Å². The van der Waals surface area contributed by atoms with Crippen molar-refractivity contribution >= 4 is 40.7 Å². The number of nitrogens with one attached hydrogen (secondary N) is 1. The van der Waals surface area contributed by atoms with Gasteiger partial charge in [-0.1, -0.05) is 24.4 Å². The van der Waals surface area contributed by atoms with Gasteiger partial charge in [-0.15, -0.1) is 10.2 Å². The Morgan fingerprint density at radius 3 is 2.67 bits per heavy atom. The summed E-state index contributed by atoms with van der Waals surface area (Å²) in [4.78, 5) is 0. The van der Waals surface area contributed by atoms with E-state index in [9.17, 15) is 0 Å². The molecule has 0 unspecified atom stereocenters. The Balaban J connectivity index is 2.13. The van der Waals surface area contributed by atoms with E-state index in [0.717, 1.165) is 17.7 Å². The molecule has 0 saturated carbocycles. The van der Waals surface area contributed by atoms with Crippen LogP contribution in [0.4, 0.5) is 5.69 Å². The first-order valence-corrected chi connectivity index (χ1v) is 5.71. The van der Waals surface area contributed by atoms with Crippen molar-refractivity contribution in [1.82, 2.24) is 0 Å². The van der Waals surface area contributed by atoms with Crippen LogP contribution >= 0.6 is 12.2 Å². The smallest absolute Gasteiger partial charge is 0.177 e. The van der Waals surface area contributed by atoms with Gasteiger partial charge in [0, 0.05) is 6.42 Å². The van der Waals surface area contributed by atoms with Gasteiger partial charge in [-0.25, -0.2) is 0 Å². The van der Waals surface area contributed by atoms with Crippen molar-refractivity contribution < 1.29 is 0 Å². The summed E-state index contributed by atoms with van der Waals surface area (Å²) in [6.07, 6.45) is 0.731. The number of anilines is 1. The van der Waals surface area contributed by atoms with E-state index in [1.807, 2.05) is 24.3 Å². The number of nitrogens with two attached hydrogens (primary N) is 2. The minimum Gasteiger partial charge on any atom is -0.380 e. The molecule has 2 rings (SSSR count). The highest BCUT2D eigenvalue weighted by molar-refractivity contribution is 7.78. The number of thiocarbonyl (C=S) groups is 1. The Morgan fingerprint density at radius 2 is 2.00 bits per heavy atom. The average molecular weight is 260 g/mol. The van der Waals surface area contributed by atoms with E-state index in [-0.39, 0.29) is 11.7 Å². The van der Waals surface area contributed by atoms with E-state index in [2.05, 4.69) is 20.7 Å². The molecule has 0 radical (unpaired) electrons. The second-order valence-corrected chi connectivity index (χ2v) is 3.95. The van der Waals surface area contributed by atoms with E-state index in [1.165, 1.54) is 0 Å². The summed E-state index contributed by atoms with van der Waals surface area (Å²) in [5, 5.41) is 13.0. The molecular formula is C11H12N6S. The number of benzene rings is 1. The minimum atomic E-state index is 0.204. The maximum absolute atomic E-state index is 5.58. The minimum absolute atomic E-state index is 0.204. The lowest BCUT2D eigenvalue weighted by Crippen LogP contribution is -2.32. The zero-order chi connectivity index (χ0) is 13.0. The van der Waals surface area contributed by atoms with Gasteiger partial charge in [0.2, 0.25) is 0 Å². The molecule has 0 spiro atoms. The lowest BCUT2D eigenvalue weighted by molar-refractivity contribution is 1.25. The zero-order valence-corrected chi connectivity index (χ0v) is 10.3. The third-order valence-electron chi connectivity index (χ3n) is 2.29. The molecule has 1 heterocycles. The zero-order valence-electron chi connectivity index (χ0n) is 9.50. The molecule has 0 aromatic heterocycles. The highest BCUT2D eigenvalue weighted by atomic mass is 32.1. The Morgan fingerprint density at radius 1 is 1.28 bits per heavy atom. The standard InChI is InChI=1S/C11H12N6S/c12-10-9(11(13)17-16-10)15-14-8-3-1-2-7(6-8)4-5-18/h1-3,5-6,14H,4H2,(H4,12,13,15,16,17). The number of hydrazone groups is 1. The second-order valence-electron chi connectivity index (χ2n) is 3.61. The molecule has 0 aliphatic carbocycles. The molecule has 0 saturated heterocycles. The van der Waals surface area contributed by atoms with Crippen LogP contribution in [-0.2, 0) is 6.42 Å². The number of hydrogen-bond acceptors (Lipinski definition) is 7. The SMILES string of the molecule is NC1=NN=C(N)C1=NNc1cccc(CC=S)c1. The lowest BCUT2D eigenvalue weighted by atomic mass is 10.1. The molecule has 0 fully saturated rings. The van der Waals surface area contributed by atoms with Crippen LogP contribution in [0, 0.1) is 0 Å². The number of rotatable bonds is 4. The van der Waals surface area contributed by atoms with Gasteiger partial charge < -0.3 is 11.5 Å². The van der Waals surface area contributed by atoms with Gasteiger partial charge >= 0.3 is 0 Å². The molecular weight excluding hydrogens is 248 g/mol. The van der Waals surface area contributed by atoms with Gasteiger partial charge in [0.25, 0.3) is 0 Å². The first kappa shape index (κ1) is 12.2. The van der Waals surface area contributed by atoms with Crippen molar-refractivity contribution in [3.8, 4) is 0 Å². The van der Waals surface area contributed by atoms with Crippen LogP contribution < -0.4 is 16.9 Å². The van der Waals surface area contributed by atoms with Crippen LogP contribution in [0.25, 0.3) is 0 Å². The molecule has 0 atom stereocenters. The summed E-state index contributed by atoms with van der Waals surface area (Å²) in [6, 6.07) is 7.73. The Hall–Kier alpha value is -2.28. The first-order chi connectivity index (χ1) is 8.70. The summed E-state index contributed by atoms with van der Waals surface area (Å²) in [5.41, 5.74) is 16.3. The van der Waals surface area contributed by atoms with Gasteiger partial charge in [-0.3, -0.25) is 5.43 Å².